The molecule has 2 atom stereocenters. The predicted octanol–water partition coefficient (Wildman–Crippen LogP) is 14.8. The molecule has 0 amide bonds. The molecule has 5 aromatic rings. The van der Waals surface area contributed by atoms with E-state index in [0.717, 1.165) is 0 Å². The van der Waals surface area contributed by atoms with Crippen LogP contribution in [0.15, 0.2) is 64.4 Å². The average Bonchev–Trinajstić information content (AvgIpc) is 3.23. The van der Waals surface area contributed by atoms with Gasteiger partial charge in [-0.1, -0.05) is 107 Å². The van der Waals surface area contributed by atoms with Gasteiger partial charge in [0.2, 0.25) is 10.9 Å². The fourth-order valence-corrected chi connectivity index (χ4v) is 10.2. The van der Waals surface area contributed by atoms with Gasteiger partial charge in [-0.25, -0.2) is 22.8 Å². The van der Waals surface area contributed by atoms with Gasteiger partial charge in [0.25, 0.3) is 0 Å². The van der Waals surface area contributed by atoms with Crippen molar-refractivity contribution in [2.45, 2.75) is 152 Å². The Morgan fingerprint density at radius 2 is 1.04 bits per heavy atom. The van der Waals surface area contributed by atoms with Crippen molar-refractivity contribution in [1.82, 2.24) is 9.13 Å². The summed E-state index contributed by atoms with van der Waals surface area (Å²) in [6, 6.07) is 9.49. The first-order valence-electron chi connectivity index (χ1n) is 24.4. The molecule has 0 saturated carbocycles. The highest BCUT2D eigenvalue weighted by Crippen LogP contribution is 2.42. The van der Waals surface area contributed by atoms with E-state index >= 15 is 4.39 Å². The van der Waals surface area contributed by atoms with Gasteiger partial charge in [-0.3, -0.25) is 9.59 Å². The summed E-state index contributed by atoms with van der Waals surface area (Å²) >= 11 is 7.79. The second-order valence-electron chi connectivity index (χ2n) is 23.5. The smallest absolute Gasteiger partial charge is 0.343 e. The van der Waals surface area contributed by atoms with Crippen LogP contribution in [0.3, 0.4) is 0 Å². The van der Waals surface area contributed by atoms with Crippen LogP contribution in [0.2, 0.25) is 41.3 Å². The second kappa shape index (κ2) is 23.0. The number of esters is 2. The van der Waals surface area contributed by atoms with E-state index in [9.17, 15) is 28.0 Å². The van der Waals surface area contributed by atoms with Crippen molar-refractivity contribution in [2.24, 2.45) is 10.8 Å². The second-order valence-corrected chi connectivity index (χ2v) is 34.7. The highest BCUT2D eigenvalue weighted by Gasteiger charge is 2.41. The van der Waals surface area contributed by atoms with Crippen molar-refractivity contribution in [3.05, 3.63) is 124 Å². The molecule has 17 heteroatoms. The summed E-state index contributed by atoms with van der Waals surface area (Å²) in [7, 11) is -4.23. The number of ether oxygens (including phenoxy) is 2. The molecule has 0 N–H and O–H groups in total. The number of carbonyl (C=O) groups excluding carboxylic acids is 2. The molecule has 0 radical (unpaired) electrons. The first-order chi connectivity index (χ1) is 32.9. The fourth-order valence-electron chi connectivity index (χ4n) is 7.51. The SMILES string of the molecule is CCOC(=O)c1cn(C(CO[Si](C)(C)C(C)(C)C)C(C)(C)C)c2cc(F)c(Cc3cccc(Cl)c3F)cc2c1=O.CCOC(=O)c1cn(C(CO[Si](C)(C)C(C)(C)C)C(C)(C)C)c2cc(F)c(I)cc2c1=O. The maximum atomic E-state index is 15.6. The first-order valence-corrected chi connectivity index (χ1v) is 31.6. The molecule has 2 unspecified atom stereocenters. The molecule has 10 nitrogen and oxygen atoms in total. The zero-order valence-electron chi connectivity index (χ0n) is 45.4. The molecule has 0 fully saturated rings. The monoisotopic (exact) mass is 1170 g/mol. The van der Waals surface area contributed by atoms with E-state index in [-0.39, 0.29) is 79.9 Å². The minimum atomic E-state index is -2.17. The minimum Gasteiger partial charge on any atom is -0.462 e. The Kier molecular flexibility index (Phi) is 19.4. The number of fused-ring (bicyclic) bond motifs is 2. The van der Waals surface area contributed by atoms with Gasteiger partial charge in [0.05, 0.1) is 54.6 Å². The fraction of sp³-hybridized carbons (Fsp3) is 0.527. The number of carbonyl (C=O) groups is 2. The summed E-state index contributed by atoms with van der Waals surface area (Å²) in [6.45, 7) is 38.3. The van der Waals surface area contributed by atoms with Crippen LogP contribution in [0.5, 0.6) is 0 Å². The summed E-state index contributed by atoms with van der Waals surface area (Å²) in [5.41, 5.74) is -0.840. The van der Waals surface area contributed by atoms with Crippen LogP contribution in [0.4, 0.5) is 13.2 Å². The van der Waals surface area contributed by atoms with E-state index in [0.29, 0.717) is 33.2 Å². The lowest BCUT2D eigenvalue weighted by Crippen LogP contribution is -2.43. The van der Waals surface area contributed by atoms with Crippen molar-refractivity contribution in [3.63, 3.8) is 0 Å². The molecular formula is C55H75ClF3IN2O8Si2. The Bertz CT molecular complexity index is 2930. The Morgan fingerprint density at radius 3 is 1.43 bits per heavy atom. The summed E-state index contributed by atoms with van der Waals surface area (Å²) in [4.78, 5) is 52.2. The van der Waals surface area contributed by atoms with E-state index < -0.39 is 62.3 Å². The number of nitrogens with zero attached hydrogens (tertiary/aromatic N) is 2. The zero-order valence-corrected chi connectivity index (χ0v) is 50.4. The van der Waals surface area contributed by atoms with Gasteiger partial charge >= 0.3 is 11.9 Å². The molecule has 0 bridgehead atoms. The average molecular weight is 1170 g/mol. The number of benzene rings is 3. The van der Waals surface area contributed by atoms with Crippen LogP contribution in [0.25, 0.3) is 21.8 Å². The van der Waals surface area contributed by atoms with Gasteiger partial charge < -0.3 is 27.5 Å². The van der Waals surface area contributed by atoms with Gasteiger partial charge in [0.1, 0.15) is 28.6 Å². The third-order valence-electron chi connectivity index (χ3n) is 14.2. The molecule has 0 aliphatic rings. The molecule has 72 heavy (non-hydrogen) atoms. The van der Waals surface area contributed by atoms with Gasteiger partial charge in [0.15, 0.2) is 16.6 Å². The molecule has 0 saturated heterocycles. The Labute approximate surface area is 444 Å². The van der Waals surface area contributed by atoms with Crippen LogP contribution < -0.4 is 10.9 Å². The molecule has 3 aromatic carbocycles. The lowest BCUT2D eigenvalue weighted by atomic mass is 9.86. The van der Waals surface area contributed by atoms with Crippen molar-refractivity contribution in [2.75, 3.05) is 26.4 Å². The number of halogens is 5. The third-order valence-corrected chi connectivity index (χ3v) is 24.3. The van der Waals surface area contributed by atoms with Crippen molar-refractivity contribution >= 4 is 84.6 Å². The third kappa shape index (κ3) is 13.9. The summed E-state index contributed by atoms with van der Waals surface area (Å²) in [6.07, 6.45) is 2.86. The molecule has 0 aliphatic heterocycles. The van der Waals surface area contributed by atoms with E-state index in [4.69, 9.17) is 29.9 Å². The molecule has 0 spiro atoms. The lowest BCUT2D eigenvalue weighted by Gasteiger charge is -2.40. The Balaban J connectivity index is 0.000000321. The highest BCUT2D eigenvalue weighted by molar-refractivity contribution is 14.1. The lowest BCUT2D eigenvalue weighted by molar-refractivity contribution is 0.0513. The van der Waals surface area contributed by atoms with E-state index in [1.165, 1.54) is 48.8 Å². The van der Waals surface area contributed by atoms with Crippen molar-refractivity contribution in [3.8, 4) is 0 Å². The summed E-state index contributed by atoms with van der Waals surface area (Å²) in [5.74, 6) is -3.08. The molecule has 2 aromatic heterocycles. The largest absolute Gasteiger partial charge is 0.462 e. The molecule has 2 heterocycles. The molecular weight excluding hydrogens is 1090 g/mol. The zero-order chi connectivity index (χ0) is 54.9. The van der Waals surface area contributed by atoms with Crippen LogP contribution in [-0.2, 0) is 24.7 Å². The van der Waals surface area contributed by atoms with Gasteiger partial charge in [-0.2, -0.15) is 0 Å². The first kappa shape index (κ1) is 60.7. The number of pyridine rings is 2. The number of rotatable bonds is 14. The van der Waals surface area contributed by atoms with Crippen LogP contribution in [0, 0.1) is 31.9 Å². The molecule has 5 rings (SSSR count). The highest BCUT2D eigenvalue weighted by atomic mass is 127. The minimum absolute atomic E-state index is 0.0271. The van der Waals surface area contributed by atoms with E-state index in [2.05, 4.69) is 88.5 Å². The van der Waals surface area contributed by atoms with E-state index in [1.54, 1.807) is 24.5 Å². The van der Waals surface area contributed by atoms with E-state index in [1.807, 2.05) is 47.9 Å². The Morgan fingerprint density at radius 1 is 0.639 bits per heavy atom. The van der Waals surface area contributed by atoms with Crippen LogP contribution >= 0.6 is 34.2 Å². The van der Waals surface area contributed by atoms with Gasteiger partial charge in [0, 0.05) is 33.2 Å². The standard InChI is InChI=1S/C31H40ClF2NO4Si.C24H35FINO4Si/c1-10-38-29(37)22-17-35(26(30(2,3)4)18-39-40(8,9)31(5,6)7)25-16-24(33)20(15-21(25)28(22)36)14-19-12-11-13-23(32)27(19)34;1-10-30-22(29)16-13-27(19-12-17(25)18(26)11-15(19)21(16)28)20(23(2,3)4)14-31-32(8,9)24(5,6)7/h11-13,15-17,26H,10,14,18H2,1-9H3;11-13,20H,10,14H2,1-9H3. The maximum Gasteiger partial charge on any atom is 0.343 e. The quantitative estimate of drug-likeness (QED) is 0.0613. The number of hydrogen-bond acceptors (Lipinski definition) is 8. The van der Waals surface area contributed by atoms with Crippen LogP contribution in [0.1, 0.15) is 141 Å². The van der Waals surface area contributed by atoms with Crippen LogP contribution in [-0.4, -0.2) is 64.1 Å². The summed E-state index contributed by atoms with van der Waals surface area (Å²) in [5, 5.41) is 0.363. The normalized spacial score (nSPS) is 13.7. The topological polar surface area (TPSA) is 115 Å². The van der Waals surface area contributed by atoms with Crippen molar-refractivity contribution < 1.29 is 41.1 Å². The molecule has 0 aliphatic carbocycles. The van der Waals surface area contributed by atoms with Gasteiger partial charge in [-0.05, 0) is 125 Å². The summed E-state index contributed by atoms with van der Waals surface area (Å²) < 4.78 is 72.3. The molecule has 396 valence electrons. The maximum absolute atomic E-state index is 15.6. The number of hydrogen-bond donors (Lipinski definition) is 0. The van der Waals surface area contributed by atoms with Crippen molar-refractivity contribution in [1.29, 1.82) is 0 Å². The predicted molar refractivity (Wildman–Crippen MR) is 298 cm³/mol. The Hall–Kier alpha value is -3.82. The number of aromatic nitrogens is 2. The van der Waals surface area contributed by atoms with Gasteiger partial charge in [-0.15, -0.1) is 0 Å².